The number of allylic oxidation sites excluding steroid dienone is 1. The number of unbranched alkanes of at least 4 members (excludes halogenated alkanes) is 2. The van der Waals surface area contributed by atoms with Gasteiger partial charge in [0.1, 0.15) is 54.0 Å². The normalized spacial score (nSPS) is 27.0. The number of rotatable bonds is 18. The number of aliphatic hydroxyl groups is 3. The van der Waals surface area contributed by atoms with Gasteiger partial charge in [0.15, 0.2) is 0 Å². The van der Waals surface area contributed by atoms with Crippen LogP contribution in [0.3, 0.4) is 0 Å². The van der Waals surface area contributed by atoms with Crippen LogP contribution in [0.2, 0.25) is 0 Å². The Bertz CT molecular complexity index is 2440. The fourth-order valence-electron chi connectivity index (χ4n) is 10.1. The number of benzene rings is 1. The standard InChI is InChI=1S/C60H97N11O14/c1-11-15-17-22-39-30-48(75)63-42(23-25-72)53(78)64-41(14-4)60(85)71-33-40(74)31-47(71)57(82)65-43(24-26-73)54(79)67-46(29-38-20-18-16-19-21-38)55(80)66-45(28-35(7)8)56(81)69-51(37(10)13-3)59(84)70-50(36(9)12-2)58(83)68-44(27-34(5)6)52(77)61-32-49(76)62-39/h14,16,18-21,34-37,39-40,42-47,50-51,72-74H,11-13,15,17,22-33H2,1-10H3,(H,61,77)(H,62,76)(H,63,75)(H,64,78)(H,65,82)(H,66,80)(H,67,79)(H,68,83)(H,69,81)(H,70,84)/b41-14-/t36-,37-,39+,40+,42-,43-,44-,45+,46+,47-,50+,51-/m0/s1. The van der Waals surface area contributed by atoms with Gasteiger partial charge in [0.05, 0.1) is 12.6 Å². The summed E-state index contributed by atoms with van der Waals surface area (Å²) in [7, 11) is 0. The summed E-state index contributed by atoms with van der Waals surface area (Å²) in [6.45, 7) is 15.7. The van der Waals surface area contributed by atoms with Gasteiger partial charge in [0, 0.05) is 45.1 Å². The third kappa shape index (κ3) is 23.8. The van der Waals surface area contributed by atoms with Gasteiger partial charge < -0.3 is 73.4 Å². The Balaban J connectivity index is 2.17. The monoisotopic (exact) mass is 1200 g/mol. The molecule has 0 unspecified atom stereocenters. The van der Waals surface area contributed by atoms with Crippen molar-refractivity contribution in [1.29, 1.82) is 0 Å². The van der Waals surface area contributed by atoms with E-state index >= 15 is 0 Å². The van der Waals surface area contributed by atoms with Crippen LogP contribution in [-0.2, 0) is 59.2 Å². The number of carbonyl (C=O) groups is 11. The zero-order chi connectivity index (χ0) is 63.5. The third-order valence-electron chi connectivity index (χ3n) is 15.3. The lowest BCUT2D eigenvalue weighted by molar-refractivity contribution is -0.139. The van der Waals surface area contributed by atoms with Gasteiger partial charge in [0.2, 0.25) is 59.1 Å². The van der Waals surface area contributed by atoms with Crippen LogP contribution in [0.1, 0.15) is 152 Å². The summed E-state index contributed by atoms with van der Waals surface area (Å²) in [6, 6.07) is -2.83. The van der Waals surface area contributed by atoms with Crippen molar-refractivity contribution in [3.05, 3.63) is 47.7 Å². The maximum Gasteiger partial charge on any atom is 0.270 e. The van der Waals surface area contributed by atoms with Gasteiger partial charge in [-0.2, -0.15) is 0 Å². The SMILES string of the molecule is C/C=C1\NC(=O)[C@H](CCO)NC(=O)C[C@@H](CCCCC)NC(=O)CNC(=O)[C@H](CC(C)C)NC(=O)[C@@H]([C@@H](C)CC)NC(=O)[C@H]([C@@H](C)CC)NC(=O)[C@@H](CC(C)C)NC(=O)[C@@H](Cc2ccccc2)NC(=O)[C@H](CCO)NC(=O)[C@@H]2C[C@@H](O)CN2C1=O. The van der Waals surface area contributed by atoms with Crippen molar-refractivity contribution in [3.63, 3.8) is 0 Å². The lowest BCUT2D eigenvalue weighted by atomic mass is 9.93. The molecule has 2 fully saturated rings. The highest BCUT2D eigenvalue weighted by molar-refractivity contribution is 6.02. The van der Waals surface area contributed by atoms with E-state index in [4.69, 9.17) is 0 Å². The van der Waals surface area contributed by atoms with Crippen molar-refractivity contribution in [2.75, 3.05) is 26.3 Å². The number of carbonyl (C=O) groups excluding carboxylic acids is 11. The Kier molecular flexibility index (Phi) is 31.3. The van der Waals surface area contributed by atoms with Crippen LogP contribution >= 0.6 is 0 Å². The number of nitrogens with one attached hydrogen (secondary N) is 10. The molecule has 0 spiro atoms. The molecule has 2 aliphatic heterocycles. The second-order valence-corrected chi connectivity index (χ2v) is 23.3. The van der Waals surface area contributed by atoms with E-state index in [-0.39, 0.29) is 69.0 Å². The molecular weight excluding hydrogens is 1100 g/mol. The van der Waals surface area contributed by atoms with E-state index < -0.39 is 157 Å². The van der Waals surface area contributed by atoms with Gasteiger partial charge >= 0.3 is 0 Å². The van der Waals surface area contributed by atoms with Crippen LogP contribution in [0.15, 0.2) is 42.1 Å². The van der Waals surface area contributed by atoms with Crippen molar-refractivity contribution >= 4 is 65.0 Å². The van der Waals surface area contributed by atoms with Crippen LogP contribution < -0.4 is 53.2 Å². The summed E-state index contributed by atoms with van der Waals surface area (Å²) < 4.78 is 0. The van der Waals surface area contributed by atoms with Gasteiger partial charge in [-0.25, -0.2) is 0 Å². The van der Waals surface area contributed by atoms with Gasteiger partial charge in [-0.1, -0.05) is 131 Å². The highest BCUT2D eigenvalue weighted by Crippen LogP contribution is 2.22. The van der Waals surface area contributed by atoms with E-state index in [1.54, 1.807) is 44.2 Å². The summed E-state index contributed by atoms with van der Waals surface area (Å²) >= 11 is 0. The Labute approximate surface area is 500 Å². The summed E-state index contributed by atoms with van der Waals surface area (Å²) in [5.41, 5.74) is 0.241. The van der Waals surface area contributed by atoms with Crippen LogP contribution in [0, 0.1) is 23.7 Å². The first-order valence-electron chi connectivity index (χ1n) is 30.2. The molecule has 0 aliphatic carbocycles. The summed E-state index contributed by atoms with van der Waals surface area (Å²) in [5.74, 6) is -10.0. The summed E-state index contributed by atoms with van der Waals surface area (Å²) in [4.78, 5) is 157. The van der Waals surface area contributed by atoms with Gasteiger partial charge in [-0.05, 0) is 68.3 Å². The molecule has 1 aromatic rings. The minimum atomic E-state index is -1.52. The number of hydrogen-bond donors (Lipinski definition) is 13. The second-order valence-electron chi connectivity index (χ2n) is 23.3. The molecule has 1 aromatic carbocycles. The summed E-state index contributed by atoms with van der Waals surface area (Å²) in [5, 5.41) is 57.9. The van der Waals surface area contributed by atoms with Crippen molar-refractivity contribution in [2.45, 2.75) is 213 Å². The molecule has 3 rings (SSSR count). The molecule has 0 saturated carbocycles. The topological polar surface area (TPSA) is 372 Å². The minimum Gasteiger partial charge on any atom is -0.396 e. The van der Waals surface area contributed by atoms with Gasteiger partial charge in [-0.15, -0.1) is 0 Å². The maximum absolute atomic E-state index is 14.6. The molecule has 12 atom stereocenters. The quantitative estimate of drug-likeness (QED) is 0.0687. The average molecular weight is 1200 g/mol. The number of hydrogen-bond acceptors (Lipinski definition) is 14. The summed E-state index contributed by atoms with van der Waals surface area (Å²) in [6.07, 6.45) is 2.09. The molecule has 0 radical (unpaired) electrons. The first-order valence-corrected chi connectivity index (χ1v) is 30.2. The van der Waals surface area contributed by atoms with Crippen molar-refractivity contribution in [2.24, 2.45) is 23.7 Å². The molecule has 2 aliphatic rings. The van der Waals surface area contributed by atoms with Crippen molar-refractivity contribution in [1.82, 2.24) is 58.1 Å². The molecule has 2 heterocycles. The molecule has 25 nitrogen and oxygen atoms in total. The molecule has 11 amide bonds. The van der Waals surface area contributed by atoms with E-state index in [1.807, 2.05) is 48.5 Å². The van der Waals surface area contributed by atoms with Crippen LogP contribution in [0.4, 0.5) is 0 Å². The lowest BCUT2D eigenvalue weighted by Crippen LogP contribution is -2.62. The van der Waals surface area contributed by atoms with Crippen LogP contribution in [0.25, 0.3) is 0 Å². The Hall–Kier alpha value is -6.99. The van der Waals surface area contributed by atoms with Crippen LogP contribution in [-0.4, -0.2) is 172 Å². The molecular formula is C60H97N11O14. The molecule has 13 N–H and O–H groups in total. The van der Waals surface area contributed by atoms with Crippen molar-refractivity contribution in [3.8, 4) is 0 Å². The lowest BCUT2D eigenvalue weighted by Gasteiger charge is -2.31. The molecule has 25 heteroatoms. The Morgan fingerprint density at radius 1 is 0.565 bits per heavy atom. The van der Waals surface area contributed by atoms with E-state index in [0.29, 0.717) is 31.2 Å². The first kappa shape index (κ1) is 72.3. The molecule has 476 valence electrons. The average Bonchev–Trinajstić information content (AvgIpc) is 3.93. The van der Waals surface area contributed by atoms with E-state index in [1.165, 1.54) is 13.0 Å². The van der Waals surface area contributed by atoms with Crippen LogP contribution in [0.5, 0.6) is 0 Å². The zero-order valence-electron chi connectivity index (χ0n) is 51.3. The molecule has 2 saturated heterocycles. The highest BCUT2D eigenvalue weighted by atomic mass is 16.3. The smallest absolute Gasteiger partial charge is 0.270 e. The number of nitrogens with zero attached hydrogens (tertiary/aromatic N) is 1. The Morgan fingerprint density at radius 3 is 1.62 bits per heavy atom. The predicted molar refractivity (Wildman–Crippen MR) is 317 cm³/mol. The number of fused-ring (bicyclic) bond motifs is 1. The minimum absolute atomic E-state index is 0.0703. The first-order chi connectivity index (χ1) is 40.3. The van der Waals surface area contributed by atoms with Crippen molar-refractivity contribution < 1.29 is 68.1 Å². The van der Waals surface area contributed by atoms with E-state index in [2.05, 4.69) is 53.2 Å². The fourth-order valence-corrected chi connectivity index (χ4v) is 10.1. The predicted octanol–water partition coefficient (Wildman–Crippen LogP) is 0.139. The van der Waals surface area contributed by atoms with Gasteiger partial charge in [-0.3, -0.25) is 52.7 Å². The van der Waals surface area contributed by atoms with E-state index in [9.17, 15) is 68.1 Å². The largest absolute Gasteiger partial charge is 0.396 e. The third-order valence-corrected chi connectivity index (χ3v) is 15.3. The number of aliphatic hydroxyl groups excluding tert-OH is 3. The van der Waals surface area contributed by atoms with E-state index in [0.717, 1.165) is 17.7 Å². The van der Waals surface area contributed by atoms with Gasteiger partial charge in [0.25, 0.3) is 5.91 Å². The second kappa shape index (κ2) is 36.8. The highest BCUT2D eigenvalue weighted by Gasteiger charge is 2.42. The maximum atomic E-state index is 14.6. The zero-order valence-corrected chi connectivity index (χ0v) is 51.3. The molecule has 0 bridgehead atoms. The molecule has 0 aromatic heterocycles. The number of amides is 11. The molecule has 85 heavy (non-hydrogen) atoms. The fraction of sp³-hybridized carbons (Fsp3) is 0.683. The Morgan fingerprint density at radius 2 is 1.07 bits per heavy atom.